The van der Waals surface area contributed by atoms with Crippen LogP contribution in [0.25, 0.3) is 10.9 Å². The topological polar surface area (TPSA) is 78.4 Å². The van der Waals surface area contributed by atoms with Crippen molar-refractivity contribution in [2.24, 2.45) is 5.92 Å². The Balaban J connectivity index is 1.40. The number of piperidine rings is 1. The van der Waals surface area contributed by atoms with Gasteiger partial charge in [-0.25, -0.2) is 4.79 Å². The van der Waals surface area contributed by atoms with E-state index in [4.69, 9.17) is 0 Å². The van der Waals surface area contributed by atoms with E-state index in [0.717, 1.165) is 35.1 Å². The summed E-state index contributed by atoms with van der Waals surface area (Å²) in [5, 5.41) is 14.5. The summed E-state index contributed by atoms with van der Waals surface area (Å²) in [6.07, 6.45) is 2.61. The van der Waals surface area contributed by atoms with Crippen LogP contribution < -0.4 is 5.32 Å². The first-order valence-electron chi connectivity index (χ1n) is 9.63. The maximum atomic E-state index is 12.7. The molecule has 0 unspecified atom stereocenters. The number of anilines is 1. The zero-order chi connectivity index (χ0) is 19.5. The second-order valence-corrected chi connectivity index (χ2v) is 7.28. The lowest BCUT2D eigenvalue weighted by Gasteiger charge is -2.34. The van der Waals surface area contributed by atoms with Crippen LogP contribution in [-0.2, 0) is 0 Å². The summed E-state index contributed by atoms with van der Waals surface area (Å²) in [7, 11) is 0. The van der Waals surface area contributed by atoms with Gasteiger partial charge in [-0.1, -0.05) is 12.1 Å². The van der Waals surface area contributed by atoms with E-state index < -0.39 is 6.10 Å². The minimum Gasteiger partial charge on any atom is -0.387 e. The molecule has 144 valence electrons. The van der Waals surface area contributed by atoms with Gasteiger partial charge in [0.2, 0.25) is 0 Å². The van der Waals surface area contributed by atoms with Crippen LogP contribution in [0.5, 0.6) is 0 Å². The smallest absolute Gasteiger partial charge is 0.321 e. The molecule has 2 N–H and O–H groups in total. The van der Waals surface area contributed by atoms with E-state index in [2.05, 4.69) is 15.3 Å². The number of urea groups is 1. The monoisotopic (exact) mass is 376 g/mol. The number of aryl methyl sites for hydroxylation is 1. The third-order valence-corrected chi connectivity index (χ3v) is 5.38. The van der Waals surface area contributed by atoms with Crippen LogP contribution in [0.1, 0.15) is 30.3 Å². The summed E-state index contributed by atoms with van der Waals surface area (Å²) in [6, 6.07) is 15.1. The van der Waals surface area contributed by atoms with E-state index in [1.165, 1.54) is 0 Å². The molecule has 0 radical (unpaired) electrons. The molecule has 4 rings (SSSR count). The first-order chi connectivity index (χ1) is 13.6. The van der Waals surface area contributed by atoms with Gasteiger partial charge in [0.05, 0.1) is 23.0 Å². The number of hydrogen-bond donors (Lipinski definition) is 2. The number of fused-ring (bicyclic) bond motifs is 1. The molecule has 2 aromatic heterocycles. The second kappa shape index (κ2) is 7.94. The summed E-state index contributed by atoms with van der Waals surface area (Å²) in [5.74, 6) is 0.115. The van der Waals surface area contributed by atoms with Crippen LogP contribution in [0.2, 0.25) is 0 Å². The van der Waals surface area contributed by atoms with Crippen molar-refractivity contribution in [3.63, 3.8) is 0 Å². The van der Waals surface area contributed by atoms with Crippen molar-refractivity contribution >= 4 is 22.6 Å². The Kier molecular flexibility index (Phi) is 5.21. The van der Waals surface area contributed by atoms with Crippen LogP contribution in [-0.4, -0.2) is 39.1 Å². The highest BCUT2D eigenvalue weighted by Gasteiger charge is 2.29. The number of nitrogens with zero attached hydrogens (tertiary/aromatic N) is 3. The van der Waals surface area contributed by atoms with E-state index in [0.29, 0.717) is 18.8 Å². The van der Waals surface area contributed by atoms with Crippen LogP contribution in [0.3, 0.4) is 0 Å². The molecule has 6 heteroatoms. The lowest BCUT2D eigenvalue weighted by Crippen LogP contribution is -2.42. The van der Waals surface area contributed by atoms with Crippen molar-refractivity contribution in [2.45, 2.75) is 25.9 Å². The average Bonchev–Trinajstić information content (AvgIpc) is 2.74. The molecule has 1 fully saturated rings. The Labute approximate surface area is 164 Å². The Morgan fingerprint density at radius 1 is 1.14 bits per heavy atom. The molecule has 1 saturated heterocycles. The lowest BCUT2D eigenvalue weighted by atomic mass is 9.89. The number of carbonyl (C=O) groups is 1. The number of amides is 2. The fourth-order valence-electron chi connectivity index (χ4n) is 3.77. The number of rotatable bonds is 3. The summed E-state index contributed by atoms with van der Waals surface area (Å²) >= 11 is 0. The van der Waals surface area contributed by atoms with Crippen LogP contribution in [0.4, 0.5) is 10.5 Å². The highest BCUT2D eigenvalue weighted by atomic mass is 16.3. The van der Waals surface area contributed by atoms with Gasteiger partial charge >= 0.3 is 6.03 Å². The number of aliphatic hydroxyl groups is 1. The second-order valence-electron chi connectivity index (χ2n) is 7.28. The number of aromatic nitrogens is 2. The standard InChI is InChI=1S/C22H24N4O2/c1-15-8-9-17-18(24-15)6-4-7-19(17)25-22(28)26-13-10-16(11-14-26)21(27)20-5-2-3-12-23-20/h2-9,12,16,21,27H,10-11,13-14H2,1H3,(H,25,28)/t21-/m1/s1. The van der Waals surface area contributed by atoms with E-state index in [9.17, 15) is 9.90 Å². The third-order valence-electron chi connectivity index (χ3n) is 5.38. The van der Waals surface area contributed by atoms with Crippen molar-refractivity contribution < 1.29 is 9.90 Å². The maximum Gasteiger partial charge on any atom is 0.321 e. The molecule has 1 aliphatic heterocycles. The molecule has 1 atom stereocenters. The van der Waals surface area contributed by atoms with Crippen molar-refractivity contribution in [1.82, 2.24) is 14.9 Å². The normalized spacial score (nSPS) is 16.1. The van der Waals surface area contributed by atoms with Crippen molar-refractivity contribution in [2.75, 3.05) is 18.4 Å². The van der Waals surface area contributed by atoms with Gasteiger partial charge < -0.3 is 15.3 Å². The fraction of sp³-hybridized carbons (Fsp3) is 0.318. The molecule has 0 spiro atoms. The molecular formula is C22H24N4O2. The Morgan fingerprint density at radius 3 is 2.71 bits per heavy atom. The van der Waals surface area contributed by atoms with Gasteiger partial charge in [-0.2, -0.15) is 0 Å². The van der Waals surface area contributed by atoms with Gasteiger partial charge in [0.25, 0.3) is 0 Å². The van der Waals surface area contributed by atoms with Gasteiger partial charge in [0.15, 0.2) is 0 Å². The summed E-state index contributed by atoms with van der Waals surface area (Å²) in [6.45, 7) is 3.18. The first-order valence-corrected chi connectivity index (χ1v) is 9.63. The number of hydrogen-bond acceptors (Lipinski definition) is 4. The summed E-state index contributed by atoms with van der Waals surface area (Å²) < 4.78 is 0. The van der Waals surface area contributed by atoms with Gasteiger partial charge in [-0.05, 0) is 62.1 Å². The van der Waals surface area contributed by atoms with E-state index in [1.807, 2.05) is 60.4 Å². The molecule has 3 aromatic rings. The van der Waals surface area contributed by atoms with Crippen LogP contribution in [0, 0.1) is 12.8 Å². The largest absolute Gasteiger partial charge is 0.387 e. The quantitative estimate of drug-likeness (QED) is 0.726. The van der Waals surface area contributed by atoms with Gasteiger partial charge in [0, 0.05) is 30.4 Å². The molecule has 1 aromatic carbocycles. The number of likely N-dealkylation sites (tertiary alicyclic amines) is 1. The van der Waals surface area contributed by atoms with E-state index in [-0.39, 0.29) is 11.9 Å². The number of carbonyl (C=O) groups excluding carboxylic acids is 1. The molecule has 0 aliphatic carbocycles. The molecular weight excluding hydrogens is 352 g/mol. The third kappa shape index (κ3) is 3.82. The van der Waals surface area contributed by atoms with Crippen molar-refractivity contribution in [3.05, 3.63) is 66.1 Å². The fourth-order valence-corrected chi connectivity index (χ4v) is 3.77. The predicted molar refractivity (Wildman–Crippen MR) is 109 cm³/mol. The zero-order valence-electron chi connectivity index (χ0n) is 15.9. The van der Waals surface area contributed by atoms with Gasteiger partial charge in [0.1, 0.15) is 0 Å². The van der Waals surface area contributed by atoms with Crippen LogP contribution >= 0.6 is 0 Å². The lowest BCUT2D eigenvalue weighted by molar-refractivity contribution is 0.0652. The van der Waals surface area contributed by atoms with E-state index >= 15 is 0 Å². The Morgan fingerprint density at radius 2 is 1.96 bits per heavy atom. The number of pyridine rings is 2. The number of benzene rings is 1. The maximum absolute atomic E-state index is 12.7. The van der Waals surface area contributed by atoms with E-state index in [1.54, 1.807) is 6.20 Å². The molecule has 3 heterocycles. The molecule has 6 nitrogen and oxygen atoms in total. The Bertz CT molecular complexity index is 969. The molecule has 28 heavy (non-hydrogen) atoms. The highest BCUT2D eigenvalue weighted by molar-refractivity contribution is 6.00. The van der Waals surface area contributed by atoms with Crippen LogP contribution in [0.15, 0.2) is 54.7 Å². The highest BCUT2D eigenvalue weighted by Crippen LogP contribution is 2.30. The Hall–Kier alpha value is -2.99. The zero-order valence-corrected chi connectivity index (χ0v) is 15.9. The number of aliphatic hydroxyl groups excluding tert-OH is 1. The SMILES string of the molecule is Cc1ccc2c(NC(=O)N3CCC([C@@H](O)c4ccccn4)CC3)cccc2n1. The van der Waals surface area contributed by atoms with Gasteiger partial charge in [-0.3, -0.25) is 9.97 Å². The minimum absolute atomic E-state index is 0.112. The summed E-state index contributed by atoms with van der Waals surface area (Å²) in [4.78, 5) is 23.3. The van der Waals surface area contributed by atoms with Gasteiger partial charge in [-0.15, -0.1) is 0 Å². The van der Waals surface area contributed by atoms with Crippen molar-refractivity contribution in [1.29, 1.82) is 0 Å². The number of nitrogens with one attached hydrogen (secondary N) is 1. The molecule has 0 bridgehead atoms. The predicted octanol–water partition coefficient (Wildman–Crippen LogP) is 3.92. The molecule has 0 saturated carbocycles. The van der Waals surface area contributed by atoms with Crippen molar-refractivity contribution in [3.8, 4) is 0 Å². The first kappa shape index (κ1) is 18.4. The minimum atomic E-state index is -0.584. The molecule has 1 aliphatic rings. The molecule has 2 amide bonds. The average molecular weight is 376 g/mol. The summed E-state index contributed by atoms with van der Waals surface area (Å²) in [5.41, 5.74) is 3.29.